The molecule has 0 aliphatic heterocycles. The summed E-state index contributed by atoms with van der Waals surface area (Å²) in [6.07, 6.45) is 1.42. The van der Waals surface area contributed by atoms with E-state index >= 15 is 0 Å². The van der Waals surface area contributed by atoms with Crippen LogP contribution in [-0.2, 0) is 13.6 Å². The highest BCUT2D eigenvalue weighted by molar-refractivity contribution is 7.62. The quantitative estimate of drug-likeness (QED) is 0.731. The van der Waals surface area contributed by atoms with Gasteiger partial charge in [0.1, 0.15) is 0 Å². The molecule has 4 heteroatoms. The van der Waals surface area contributed by atoms with E-state index in [2.05, 4.69) is 6.58 Å². The molecule has 0 aromatic heterocycles. The summed E-state index contributed by atoms with van der Waals surface area (Å²) in [5, 5.41) is 0.579. The number of rotatable bonds is 6. The lowest BCUT2D eigenvalue weighted by Gasteiger charge is -2.23. The van der Waals surface area contributed by atoms with Gasteiger partial charge in [0.05, 0.1) is 17.5 Å². The Balaban J connectivity index is 3.08. The van der Waals surface area contributed by atoms with Crippen molar-refractivity contribution in [1.29, 1.82) is 0 Å². The van der Waals surface area contributed by atoms with Gasteiger partial charge in [0.15, 0.2) is 0 Å². The van der Waals surface area contributed by atoms with Crippen molar-refractivity contribution in [3.05, 3.63) is 36.4 Å². The summed E-state index contributed by atoms with van der Waals surface area (Å²) in [6, 6.07) is 7.23. The molecule has 0 saturated carbocycles. The molecule has 0 saturated heterocycles. The number of benzene rings is 1. The molecular formula is C14H21O3P. The van der Waals surface area contributed by atoms with Gasteiger partial charge in [0.25, 0.3) is 0 Å². The molecular weight excluding hydrogens is 247 g/mol. The Morgan fingerprint density at radius 1 is 1.06 bits per heavy atom. The smallest absolute Gasteiger partial charge is 0.302 e. The Kier molecular flexibility index (Phi) is 5.33. The van der Waals surface area contributed by atoms with Gasteiger partial charge in [-0.15, -0.1) is 0 Å². The number of hydrogen-bond acceptors (Lipinski definition) is 3. The van der Waals surface area contributed by atoms with Crippen LogP contribution < -0.4 is 5.30 Å². The van der Waals surface area contributed by atoms with Crippen LogP contribution in [-0.4, -0.2) is 12.2 Å². The maximum Gasteiger partial charge on any atom is 0.361 e. The molecule has 100 valence electrons. The molecule has 0 bridgehead atoms. The van der Waals surface area contributed by atoms with Gasteiger partial charge in [-0.05, 0) is 45.4 Å². The highest BCUT2D eigenvalue weighted by Gasteiger charge is 2.30. The monoisotopic (exact) mass is 268 g/mol. The zero-order valence-corrected chi connectivity index (χ0v) is 12.3. The summed E-state index contributed by atoms with van der Waals surface area (Å²) < 4.78 is 23.8. The van der Waals surface area contributed by atoms with E-state index < -0.39 is 7.60 Å². The van der Waals surface area contributed by atoms with Gasteiger partial charge in [-0.1, -0.05) is 24.8 Å². The average Bonchev–Trinajstić information content (AvgIpc) is 2.27. The van der Waals surface area contributed by atoms with E-state index in [9.17, 15) is 4.57 Å². The van der Waals surface area contributed by atoms with E-state index in [0.717, 1.165) is 5.56 Å². The Morgan fingerprint density at radius 3 is 1.83 bits per heavy atom. The zero-order chi connectivity index (χ0) is 13.8. The van der Waals surface area contributed by atoms with Crippen molar-refractivity contribution < 1.29 is 13.6 Å². The first-order valence-corrected chi connectivity index (χ1v) is 7.61. The summed E-state index contributed by atoms with van der Waals surface area (Å²) >= 11 is 0. The minimum Gasteiger partial charge on any atom is -0.302 e. The van der Waals surface area contributed by atoms with Gasteiger partial charge < -0.3 is 9.05 Å². The maximum atomic E-state index is 12.8. The molecule has 0 aliphatic carbocycles. The zero-order valence-electron chi connectivity index (χ0n) is 11.4. The first kappa shape index (κ1) is 15.2. The SMILES string of the molecule is C=Cc1ccc(P(=O)(OC(C)C)OC(C)C)cc1. The fourth-order valence-corrected chi connectivity index (χ4v) is 3.41. The second-order valence-corrected chi connectivity index (χ2v) is 6.53. The summed E-state index contributed by atoms with van der Waals surface area (Å²) in [4.78, 5) is 0. The van der Waals surface area contributed by atoms with E-state index in [-0.39, 0.29) is 12.2 Å². The summed E-state index contributed by atoms with van der Waals surface area (Å²) in [5.41, 5.74) is 0.972. The lowest BCUT2D eigenvalue weighted by Crippen LogP contribution is -2.16. The van der Waals surface area contributed by atoms with Gasteiger partial charge >= 0.3 is 7.60 Å². The predicted molar refractivity (Wildman–Crippen MR) is 76.2 cm³/mol. The highest BCUT2D eigenvalue weighted by Crippen LogP contribution is 2.49. The molecule has 18 heavy (non-hydrogen) atoms. The lowest BCUT2D eigenvalue weighted by atomic mass is 10.2. The van der Waals surface area contributed by atoms with Gasteiger partial charge in [-0.2, -0.15) is 0 Å². The fraction of sp³-hybridized carbons (Fsp3) is 0.429. The topological polar surface area (TPSA) is 35.5 Å². The van der Waals surface area contributed by atoms with Crippen molar-refractivity contribution in [2.75, 3.05) is 0 Å². The standard InChI is InChI=1S/C14H21O3P/c1-6-13-7-9-14(10-8-13)18(15,16-11(2)3)17-12(4)5/h6-12H,1H2,2-5H3. The second-order valence-electron chi connectivity index (χ2n) is 4.60. The van der Waals surface area contributed by atoms with E-state index in [0.29, 0.717) is 5.30 Å². The van der Waals surface area contributed by atoms with Crippen LogP contribution in [0.3, 0.4) is 0 Å². The van der Waals surface area contributed by atoms with E-state index in [1.807, 2.05) is 39.8 Å². The van der Waals surface area contributed by atoms with Crippen LogP contribution in [0.25, 0.3) is 6.08 Å². The molecule has 1 rings (SSSR count). The van der Waals surface area contributed by atoms with Gasteiger partial charge in [0, 0.05) is 0 Å². The van der Waals surface area contributed by atoms with Crippen molar-refractivity contribution in [1.82, 2.24) is 0 Å². The minimum absolute atomic E-state index is 0.159. The molecule has 0 fully saturated rings. The summed E-state index contributed by atoms with van der Waals surface area (Å²) in [5.74, 6) is 0. The summed E-state index contributed by atoms with van der Waals surface area (Å²) in [6.45, 7) is 11.1. The molecule has 0 aliphatic rings. The number of hydrogen-bond donors (Lipinski definition) is 0. The Bertz CT molecular complexity index is 421. The minimum atomic E-state index is -3.25. The third-order valence-electron chi connectivity index (χ3n) is 2.14. The third-order valence-corrected chi connectivity index (χ3v) is 4.47. The van der Waals surface area contributed by atoms with Crippen molar-refractivity contribution in [2.24, 2.45) is 0 Å². The third kappa shape index (κ3) is 4.09. The van der Waals surface area contributed by atoms with Crippen molar-refractivity contribution in [3.63, 3.8) is 0 Å². The van der Waals surface area contributed by atoms with E-state index in [1.54, 1.807) is 18.2 Å². The van der Waals surface area contributed by atoms with E-state index in [1.165, 1.54) is 0 Å². The summed E-state index contributed by atoms with van der Waals surface area (Å²) in [7, 11) is -3.25. The van der Waals surface area contributed by atoms with Crippen LogP contribution >= 0.6 is 7.60 Å². The largest absolute Gasteiger partial charge is 0.361 e. The molecule has 3 nitrogen and oxygen atoms in total. The molecule has 0 unspecified atom stereocenters. The molecule has 1 aromatic carbocycles. The van der Waals surface area contributed by atoms with Crippen LogP contribution in [0.1, 0.15) is 33.3 Å². The molecule has 0 N–H and O–H groups in total. The second kappa shape index (κ2) is 6.33. The van der Waals surface area contributed by atoms with Crippen molar-refractivity contribution in [3.8, 4) is 0 Å². The molecule has 0 heterocycles. The van der Waals surface area contributed by atoms with Crippen LogP contribution in [0.4, 0.5) is 0 Å². The first-order chi connectivity index (χ1) is 8.37. The van der Waals surface area contributed by atoms with Crippen LogP contribution in [0, 0.1) is 0 Å². The Hall–Kier alpha value is -0.890. The Morgan fingerprint density at radius 2 is 1.50 bits per heavy atom. The normalized spacial score (nSPS) is 12.1. The highest BCUT2D eigenvalue weighted by atomic mass is 31.2. The predicted octanol–water partition coefficient (Wildman–Crippen LogP) is 4.00. The van der Waals surface area contributed by atoms with Gasteiger partial charge in [0.2, 0.25) is 0 Å². The molecule has 0 spiro atoms. The molecule has 0 atom stereocenters. The molecule has 0 amide bonds. The average molecular weight is 268 g/mol. The lowest BCUT2D eigenvalue weighted by molar-refractivity contribution is 0.150. The van der Waals surface area contributed by atoms with E-state index in [4.69, 9.17) is 9.05 Å². The maximum absolute atomic E-state index is 12.8. The van der Waals surface area contributed by atoms with Crippen LogP contribution in [0.2, 0.25) is 0 Å². The first-order valence-electron chi connectivity index (χ1n) is 6.07. The van der Waals surface area contributed by atoms with Gasteiger partial charge in [-0.25, -0.2) is 0 Å². The fourth-order valence-electron chi connectivity index (χ4n) is 1.49. The molecule has 0 radical (unpaired) electrons. The molecule has 1 aromatic rings. The van der Waals surface area contributed by atoms with Crippen molar-refractivity contribution >= 4 is 19.0 Å². The van der Waals surface area contributed by atoms with Crippen LogP contribution in [0.5, 0.6) is 0 Å². The Labute approximate surface area is 109 Å². The van der Waals surface area contributed by atoms with Crippen molar-refractivity contribution in [2.45, 2.75) is 39.9 Å². The van der Waals surface area contributed by atoms with Crippen LogP contribution in [0.15, 0.2) is 30.8 Å². The van der Waals surface area contributed by atoms with Gasteiger partial charge in [-0.3, -0.25) is 4.57 Å².